The molecule has 4 nitrogen and oxygen atoms in total. The maximum absolute atomic E-state index is 12.4. The molecule has 21 heavy (non-hydrogen) atoms. The fourth-order valence-electron chi connectivity index (χ4n) is 2.10. The summed E-state index contributed by atoms with van der Waals surface area (Å²) in [4.78, 5) is 12.6. The first-order chi connectivity index (χ1) is 10.1. The molecule has 2 unspecified atom stereocenters. The van der Waals surface area contributed by atoms with Crippen LogP contribution in [0.2, 0.25) is 0 Å². The third-order valence-corrected chi connectivity index (χ3v) is 3.56. The average molecular weight is 302 g/mol. The van der Waals surface area contributed by atoms with Crippen LogP contribution in [0.1, 0.15) is 24.3 Å². The molecule has 0 aliphatic carbocycles. The predicted molar refractivity (Wildman–Crippen MR) is 85.7 cm³/mol. The molecule has 0 radical (unpaired) electrons. The Morgan fingerprint density at radius 3 is 2.57 bits per heavy atom. The zero-order chi connectivity index (χ0) is 15.2. The molecule has 3 N–H and O–H groups in total. The fraction of sp³-hybridized carbons (Fsp3) is 0.250. The Kier molecular flexibility index (Phi) is 5.11. The molecule has 1 amide bonds. The van der Waals surface area contributed by atoms with Gasteiger partial charge in [-0.05, 0) is 31.0 Å². The second-order valence-electron chi connectivity index (χ2n) is 4.89. The van der Waals surface area contributed by atoms with Crippen LogP contribution in [0.5, 0.6) is 0 Å². The van der Waals surface area contributed by atoms with Gasteiger partial charge in [0, 0.05) is 0 Å². The van der Waals surface area contributed by atoms with E-state index in [0.717, 1.165) is 5.56 Å². The van der Waals surface area contributed by atoms with Crippen molar-refractivity contribution in [2.75, 3.05) is 0 Å². The maximum atomic E-state index is 12.4. The number of carbonyl (C=O) groups is 1. The summed E-state index contributed by atoms with van der Waals surface area (Å²) in [6, 6.07) is 13.1. The van der Waals surface area contributed by atoms with Crippen LogP contribution in [0.4, 0.5) is 0 Å². The molecule has 5 heteroatoms. The number of furan rings is 1. The van der Waals surface area contributed by atoms with E-state index in [4.69, 9.17) is 22.4 Å². The lowest BCUT2D eigenvalue weighted by molar-refractivity contribution is -0.123. The van der Waals surface area contributed by atoms with Gasteiger partial charge >= 0.3 is 0 Å². The summed E-state index contributed by atoms with van der Waals surface area (Å²) in [6.45, 7) is 1.86. The van der Waals surface area contributed by atoms with Gasteiger partial charge in [0.15, 0.2) is 0 Å². The van der Waals surface area contributed by atoms with E-state index in [-0.39, 0.29) is 16.9 Å². The molecule has 1 aromatic heterocycles. The third kappa shape index (κ3) is 4.16. The smallest absolute Gasteiger partial charge is 0.230 e. The summed E-state index contributed by atoms with van der Waals surface area (Å²) in [5.74, 6) is -0.0141. The molecule has 0 saturated carbocycles. The Labute approximate surface area is 129 Å². The average Bonchev–Trinajstić information content (AvgIpc) is 2.99. The van der Waals surface area contributed by atoms with Crippen molar-refractivity contribution in [1.29, 1.82) is 0 Å². The van der Waals surface area contributed by atoms with Gasteiger partial charge in [0.05, 0.1) is 23.2 Å². The molecule has 0 fully saturated rings. The minimum Gasteiger partial charge on any atom is -0.467 e. The van der Waals surface area contributed by atoms with E-state index < -0.39 is 5.92 Å². The Hall–Kier alpha value is -2.14. The van der Waals surface area contributed by atoms with E-state index in [1.54, 1.807) is 12.3 Å². The van der Waals surface area contributed by atoms with Crippen LogP contribution in [-0.2, 0) is 11.2 Å². The highest BCUT2D eigenvalue weighted by molar-refractivity contribution is 7.80. The summed E-state index contributed by atoms with van der Waals surface area (Å²) in [5, 5.41) is 2.88. The van der Waals surface area contributed by atoms with Gasteiger partial charge in [-0.3, -0.25) is 4.79 Å². The number of benzene rings is 1. The van der Waals surface area contributed by atoms with E-state index >= 15 is 0 Å². The summed E-state index contributed by atoms with van der Waals surface area (Å²) >= 11 is 5.04. The lowest BCUT2D eigenvalue weighted by atomic mass is 9.98. The van der Waals surface area contributed by atoms with Crippen LogP contribution < -0.4 is 11.1 Å². The van der Waals surface area contributed by atoms with E-state index in [9.17, 15) is 4.79 Å². The normalized spacial score (nSPS) is 13.4. The van der Waals surface area contributed by atoms with E-state index in [1.807, 2.05) is 43.3 Å². The fourth-order valence-corrected chi connectivity index (χ4v) is 2.29. The van der Waals surface area contributed by atoms with Gasteiger partial charge in [0.1, 0.15) is 5.76 Å². The molecule has 110 valence electrons. The second-order valence-corrected chi connectivity index (χ2v) is 5.36. The van der Waals surface area contributed by atoms with Crippen molar-refractivity contribution in [2.45, 2.75) is 19.4 Å². The van der Waals surface area contributed by atoms with Crippen molar-refractivity contribution in [2.24, 2.45) is 11.7 Å². The molecular weight excluding hydrogens is 284 g/mol. The number of amides is 1. The van der Waals surface area contributed by atoms with Gasteiger partial charge in [-0.1, -0.05) is 42.5 Å². The second kappa shape index (κ2) is 7.04. The Morgan fingerprint density at radius 1 is 1.29 bits per heavy atom. The first-order valence-corrected chi connectivity index (χ1v) is 7.15. The Balaban J connectivity index is 2.04. The van der Waals surface area contributed by atoms with Crippen LogP contribution >= 0.6 is 12.2 Å². The van der Waals surface area contributed by atoms with Crippen LogP contribution in [0.3, 0.4) is 0 Å². The Bertz CT molecular complexity index is 596. The Morgan fingerprint density at radius 2 is 2.00 bits per heavy atom. The number of nitrogens with one attached hydrogen (secondary N) is 1. The zero-order valence-corrected chi connectivity index (χ0v) is 12.6. The van der Waals surface area contributed by atoms with Gasteiger partial charge in [-0.25, -0.2) is 0 Å². The van der Waals surface area contributed by atoms with Crippen molar-refractivity contribution in [3.8, 4) is 0 Å². The lowest BCUT2D eigenvalue weighted by Crippen LogP contribution is -2.40. The SMILES string of the molecule is CC(NC(=O)C(Cc1ccccc1)C(N)=S)c1ccco1. The molecule has 0 spiro atoms. The van der Waals surface area contributed by atoms with Gasteiger partial charge in [-0.15, -0.1) is 0 Å². The largest absolute Gasteiger partial charge is 0.467 e. The molecule has 0 saturated heterocycles. The summed E-state index contributed by atoms with van der Waals surface area (Å²) in [5.41, 5.74) is 6.75. The highest BCUT2D eigenvalue weighted by Crippen LogP contribution is 2.15. The summed E-state index contributed by atoms with van der Waals surface area (Å²) in [6.07, 6.45) is 2.07. The highest BCUT2D eigenvalue weighted by Gasteiger charge is 2.24. The van der Waals surface area contributed by atoms with Crippen molar-refractivity contribution in [1.82, 2.24) is 5.32 Å². The summed E-state index contributed by atoms with van der Waals surface area (Å²) in [7, 11) is 0. The third-order valence-electron chi connectivity index (χ3n) is 3.27. The van der Waals surface area contributed by atoms with Crippen LogP contribution in [0.25, 0.3) is 0 Å². The predicted octanol–water partition coefficient (Wildman–Crippen LogP) is 2.60. The number of carbonyl (C=O) groups excluding carboxylic acids is 1. The van der Waals surface area contributed by atoms with Crippen LogP contribution in [0, 0.1) is 5.92 Å². The molecule has 2 rings (SSSR count). The standard InChI is InChI=1S/C16H18N2O2S/c1-11(14-8-5-9-20-14)18-16(19)13(15(17)21)10-12-6-3-2-4-7-12/h2-9,11,13H,10H2,1H3,(H2,17,21)(H,18,19). The first-order valence-electron chi connectivity index (χ1n) is 6.75. The van der Waals surface area contributed by atoms with Crippen molar-refractivity contribution in [3.05, 3.63) is 60.1 Å². The van der Waals surface area contributed by atoms with Gasteiger partial charge in [-0.2, -0.15) is 0 Å². The number of nitrogens with two attached hydrogens (primary N) is 1. The molecule has 2 aromatic rings. The van der Waals surface area contributed by atoms with Crippen molar-refractivity contribution < 1.29 is 9.21 Å². The topological polar surface area (TPSA) is 68.3 Å². The quantitative estimate of drug-likeness (QED) is 0.805. The lowest BCUT2D eigenvalue weighted by Gasteiger charge is -2.18. The number of hydrogen-bond acceptors (Lipinski definition) is 3. The van der Waals surface area contributed by atoms with Gasteiger partial charge in [0.2, 0.25) is 5.91 Å². The van der Waals surface area contributed by atoms with Gasteiger partial charge < -0.3 is 15.5 Å². The molecule has 1 aromatic carbocycles. The monoisotopic (exact) mass is 302 g/mol. The van der Waals surface area contributed by atoms with Crippen LogP contribution in [-0.4, -0.2) is 10.9 Å². The van der Waals surface area contributed by atoms with Gasteiger partial charge in [0.25, 0.3) is 0 Å². The highest BCUT2D eigenvalue weighted by atomic mass is 32.1. The molecule has 0 bridgehead atoms. The van der Waals surface area contributed by atoms with Crippen LogP contribution in [0.15, 0.2) is 53.1 Å². The molecule has 2 atom stereocenters. The van der Waals surface area contributed by atoms with E-state index in [0.29, 0.717) is 12.2 Å². The van der Waals surface area contributed by atoms with Crippen molar-refractivity contribution >= 4 is 23.1 Å². The van der Waals surface area contributed by atoms with Crippen molar-refractivity contribution in [3.63, 3.8) is 0 Å². The zero-order valence-electron chi connectivity index (χ0n) is 11.8. The minimum absolute atomic E-state index is 0.185. The molecule has 1 heterocycles. The van der Waals surface area contributed by atoms with E-state index in [2.05, 4.69) is 5.32 Å². The number of rotatable bonds is 6. The van der Waals surface area contributed by atoms with E-state index in [1.165, 1.54) is 0 Å². The number of thiocarbonyl (C=S) groups is 1. The summed E-state index contributed by atoms with van der Waals surface area (Å²) < 4.78 is 5.28. The molecular formula is C16H18N2O2S. The molecule has 0 aliphatic rings. The number of hydrogen-bond donors (Lipinski definition) is 2. The first kappa shape index (κ1) is 15.3. The molecule has 0 aliphatic heterocycles. The minimum atomic E-state index is -0.528. The maximum Gasteiger partial charge on any atom is 0.230 e.